The van der Waals surface area contributed by atoms with E-state index in [4.69, 9.17) is 10.5 Å². The Labute approximate surface area is 129 Å². The molecule has 1 aliphatic heterocycles. The summed E-state index contributed by atoms with van der Waals surface area (Å²) in [5.74, 6) is -1.82. The highest BCUT2D eigenvalue weighted by Gasteiger charge is 2.34. The first-order valence-electron chi connectivity index (χ1n) is 6.98. The molecule has 1 aromatic carbocycles. The Balaban J connectivity index is 2.21. The molecule has 1 atom stereocenters. The number of urea groups is 1. The van der Waals surface area contributed by atoms with E-state index in [0.29, 0.717) is 13.1 Å². The van der Waals surface area contributed by atoms with Gasteiger partial charge in [-0.05, 0) is 5.56 Å². The second-order valence-corrected chi connectivity index (χ2v) is 5.21. The normalized spacial score (nSPS) is 15.5. The van der Waals surface area contributed by atoms with Gasteiger partial charge in [0.25, 0.3) is 0 Å². The van der Waals surface area contributed by atoms with Gasteiger partial charge in [0, 0.05) is 32.5 Å². The topological polar surface area (TPSA) is 88.2 Å². The maximum atomic E-state index is 12.4. The van der Waals surface area contributed by atoms with Crippen LogP contribution in [0.25, 0.3) is 0 Å². The lowest BCUT2D eigenvalue weighted by molar-refractivity contribution is -0.128. The van der Waals surface area contributed by atoms with Crippen molar-refractivity contribution in [3.05, 3.63) is 35.9 Å². The highest BCUT2D eigenvalue weighted by molar-refractivity contribution is 5.96. The van der Waals surface area contributed by atoms with Crippen LogP contribution in [0.1, 0.15) is 17.9 Å². The third-order valence-electron chi connectivity index (χ3n) is 3.82. The molecule has 6 nitrogen and oxygen atoms in total. The van der Waals surface area contributed by atoms with Crippen LogP contribution in [0.3, 0.4) is 0 Å². The molecule has 1 aliphatic rings. The van der Waals surface area contributed by atoms with Gasteiger partial charge in [0.1, 0.15) is 5.92 Å². The first-order chi connectivity index (χ1) is 10.6. The van der Waals surface area contributed by atoms with E-state index in [1.165, 1.54) is 9.80 Å². The van der Waals surface area contributed by atoms with Crippen molar-refractivity contribution in [1.82, 2.24) is 9.80 Å². The fourth-order valence-electron chi connectivity index (χ4n) is 2.51. The van der Waals surface area contributed by atoms with E-state index >= 15 is 0 Å². The molecule has 1 fully saturated rings. The van der Waals surface area contributed by atoms with Crippen molar-refractivity contribution in [2.24, 2.45) is 5.92 Å². The minimum atomic E-state index is -0.929. The number of nitriles is 2. The van der Waals surface area contributed by atoms with Crippen LogP contribution in [0.4, 0.5) is 4.79 Å². The highest BCUT2D eigenvalue weighted by Crippen LogP contribution is 2.29. The van der Waals surface area contributed by atoms with Crippen LogP contribution in [0.2, 0.25) is 0 Å². The van der Waals surface area contributed by atoms with Crippen LogP contribution in [0.5, 0.6) is 0 Å². The Kier molecular flexibility index (Phi) is 4.75. The Hall–Kier alpha value is -2.86. The molecule has 0 spiro atoms. The number of benzene rings is 1. The third-order valence-corrected chi connectivity index (χ3v) is 3.82. The molecule has 0 N–H and O–H groups in total. The molecular formula is C16H16N4O2. The van der Waals surface area contributed by atoms with Crippen LogP contribution >= 0.6 is 0 Å². The van der Waals surface area contributed by atoms with Gasteiger partial charge in [-0.15, -0.1) is 0 Å². The minimum Gasteiger partial charge on any atom is -0.326 e. The number of carbonyl (C=O) groups excluding carboxylic acids is 2. The number of rotatable bonds is 4. The summed E-state index contributed by atoms with van der Waals surface area (Å²) < 4.78 is 0. The number of nitrogens with zero attached hydrogens (tertiary/aromatic N) is 4. The molecule has 0 bridgehead atoms. The first kappa shape index (κ1) is 15.5. The molecule has 1 saturated heterocycles. The van der Waals surface area contributed by atoms with E-state index in [1.807, 2.05) is 18.2 Å². The molecule has 6 heteroatoms. The lowest BCUT2D eigenvalue weighted by atomic mass is 9.85. The van der Waals surface area contributed by atoms with E-state index in [9.17, 15) is 9.59 Å². The zero-order valence-corrected chi connectivity index (χ0v) is 12.3. The molecule has 2 rings (SSSR count). The zero-order valence-electron chi connectivity index (χ0n) is 12.3. The minimum absolute atomic E-state index is 0.0324. The summed E-state index contributed by atoms with van der Waals surface area (Å²) in [6, 6.07) is 12.6. The van der Waals surface area contributed by atoms with Crippen molar-refractivity contribution in [2.75, 3.05) is 20.1 Å². The average Bonchev–Trinajstić information content (AvgIpc) is 2.88. The number of hydrogen-bond acceptors (Lipinski definition) is 4. The van der Waals surface area contributed by atoms with Gasteiger partial charge >= 0.3 is 6.03 Å². The maximum Gasteiger partial charge on any atom is 0.326 e. The van der Waals surface area contributed by atoms with Crippen molar-refractivity contribution in [1.29, 1.82) is 10.5 Å². The van der Waals surface area contributed by atoms with Crippen molar-refractivity contribution >= 4 is 11.9 Å². The summed E-state index contributed by atoms with van der Waals surface area (Å²) in [6.07, 6.45) is -0.0324. The van der Waals surface area contributed by atoms with Crippen molar-refractivity contribution in [3.8, 4) is 12.1 Å². The zero-order chi connectivity index (χ0) is 16.1. The Morgan fingerprint density at radius 1 is 1.23 bits per heavy atom. The summed E-state index contributed by atoms with van der Waals surface area (Å²) in [4.78, 5) is 26.9. The summed E-state index contributed by atoms with van der Waals surface area (Å²) in [7, 11) is 1.64. The van der Waals surface area contributed by atoms with Crippen LogP contribution < -0.4 is 0 Å². The SMILES string of the molecule is CN1CCN(C(=O)C[C@H](c2ccccc2)C(C#N)C#N)C1=O. The van der Waals surface area contributed by atoms with E-state index < -0.39 is 11.8 Å². The predicted octanol–water partition coefficient (Wildman–Crippen LogP) is 1.72. The average molecular weight is 296 g/mol. The van der Waals surface area contributed by atoms with Crippen molar-refractivity contribution in [3.63, 3.8) is 0 Å². The molecule has 0 saturated carbocycles. The molecule has 0 aliphatic carbocycles. The number of carbonyl (C=O) groups is 2. The molecule has 3 amide bonds. The van der Waals surface area contributed by atoms with Crippen LogP contribution in [-0.2, 0) is 4.79 Å². The van der Waals surface area contributed by atoms with Crippen LogP contribution in [0.15, 0.2) is 30.3 Å². The molecule has 1 aromatic rings. The molecular weight excluding hydrogens is 280 g/mol. The second-order valence-electron chi connectivity index (χ2n) is 5.21. The van der Waals surface area contributed by atoms with E-state index in [1.54, 1.807) is 31.3 Å². The van der Waals surface area contributed by atoms with Gasteiger partial charge in [-0.3, -0.25) is 9.69 Å². The van der Waals surface area contributed by atoms with Crippen molar-refractivity contribution < 1.29 is 9.59 Å². The number of amides is 3. The fraction of sp³-hybridized carbons (Fsp3) is 0.375. The largest absolute Gasteiger partial charge is 0.326 e. The van der Waals surface area contributed by atoms with E-state index in [0.717, 1.165) is 5.56 Å². The Morgan fingerprint density at radius 3 is 2.36 bits per heavy atom. The Bertz CT molecular complexity index is 630. The number of likely N-dealkylation sites (N-methyl/N-ethyl adjacent to an activating group) is 1. The number of hydrogen-bond donors (Lipinski definition) is 0. The molecule has 22 heavy (non-hydrogen) atoms. The molecule has 0 aromatic heterocycles. The molecule has 0 radical (unpaired) electrons. The summed E-state index contributed by atoms with van der Waals surface area (Å²) in [5.41, 5.74) is 0.754. The van der Waals surface area contributed by atoms with Gasteiger partial charge in [0.2, 0.25) is 5.91 Å². The molecule has 0 unspecified atom stereocenters. The smallest absolute Gasteiger partial charge is 0.326 e. The van der Waals surface area contributed by atoms with E-state index in [2.05, 4.69) is 0 Å². The van der Waals surface area contributed by atoms with Gasteiger partial charge < -0.3 is 4.90 Å². The molecule has 1 heterocycles. The van der Waals surface area contributed by atoms with Crippen molar-refractivity contribution in [2.45, 2.75) is 12.3 Å². The Morgan fingerprint density at radius 2 is 1.86 bits per heavy atom. The van der Waals surface area contributed by atoms with Crippen LogP contribution in [0, 0.1) is 28.6 Å². The highest BCUT2D eigenvalue weighted by atomic mass is 16.2. The standard InChI is InChI=1S/C16H16N4O2/c1-19-7-8-20(16(19)22)15(21)9-14(13(10-17)11-18)12-5-3-2-4-6-12/h2-6,13-14H,7-9H2,1H3/t14-/m1/s1. The lowest BCUT2D eigenvalue weighted by Crippen LogP contribution is -2.36. The van der Waals surface area contributed by atoms with Gasteiger partial charge in [-0.2, -0.15) is 10.5 Å². The van der Waals surface area contributed by atoms with Crippen LogP contribution in [-0.4, -0.2) is 41.9 Å². The summed E-state index contributed by atoms with van der Waals surface area (Å²) in [6.45, 7) is 0.847. The van der Waals surface area contributed by atoms with Gasteiger partial charge in [-0.25, -0.2) is 4.79 Å². The first-order valence-corrected chi connectivity index (χ1v) is 6.98. The summed E-state index contributed by atoms with van der Waals surface area (Å²) in [5, 5.41) is 18.3. The van der Waals surface area contributed by atoms with E-state index in [-0.39, 0.29) is 18.4 Å². The van der Waals surface area contributed by atoms with Gasteiger partial charge in [0.15, 0.2) is 0 Å². The second kappa shape index (κ2) is 6.73. The third kappa shape index (κ3) is 3.07. The predicted molar refractivity (Wildman–Crippen MR) is 78.3 cm³/mol. The van der Waals surface area contributed by atoms with Gasteiger partial charge in [0.05, 0.1) is 12.1 Å². The quantitative estimate of drug-likeness (QED) is 0.846. The number of imide groups is 1. The fourth-order valence-corrected chi connectivity index (χ4v) is 2.51. The monoisotopic (exact) mass is 296 g/mol. The van der Waals surface area contributed by atoms with Gasteiger partial charge in [-0.1, -0.05) is 30.3 Å². The molecule has 112 valence electrons. The lowest BCUT2D eigenvalue weighted by Gasteiger charge is -2.20. The maximum absolute atomic E-state index is 12.4. The summed E-state index contributed by atoms with van der Waals surface area (Å²) >= 11 is 0.